The summed E-state index contributed by atoms with van der Waals surface area (Å²) >= 11 is 0. The molecule has 3 rings (SSSR count). The molecule has 2 aromatic rings. The number of nitrogens with two attached hydrogens (primary N) is 1. The first-order chi connectivity index (χ1) is 10.3. The number of aromatic nitrogens is 2. The third kappa shape index (κ3) is 2.69. The fourth-order valence-electron chi connectivity index (χ4n) is 2.96. The zero-order valence-corrected chi connectivity index (χ0v) is 12.3. The largest absolute Gasteiger partial charge is 0.352 e. The fourth-order valence-corrected chi connectivity index (χ4v) is 2.96. The third-order valence-corrected chi connectivity index (χ3v) is 3.99. The second kappa shape index (κ2) is 6.10. The minimum absolute atomic E-state index is 0.737. The van der Waals surface area contributed by atoms with Crippen LogP contribution in [0, 0.1) is 0 Å². The Morgan fingerprint density at radius 3 is 2.81 bits per heavy atom. The fraction of sp³-hybridized carbons (Fsp3) is 0.375. The lowest BCUT2D eigenvalue weighted by atomic mass is 9.99. The second-order valence-corrected chi connectivity index (χ2v) is 5.36. The molecular weight excluding hydrogens is 262 g/mol. The van der Waals surface area contributed by atoms with Gasteiger partial charge in [-0.2, -0.15) is 0 Å². The first-order valence-corrected chi connectivity index (χ1v) is 7.45. The van der Waals surface area contributed by atoms with Crippen molar-refractivity contribution in [3.05, 3.63) is 47.3 Å². The number of hydrogen-bond donors (Lipinski definition) is 2. The maximum Gasteiger partial charge on any atom is 0.148 e. The molecule has 1 aliphatic rings. The Labute approximate surface area is 125 Å². The van der Waals surface area contributed by atoms with Crippen molar-refractivity contribution in [3.63, 3.8) is 0 Å². The molecule has 5 nitrogen and oxygen atoms in total. The van der Waals surface area contributed by atoms with E-state index < -0.39 is 0 Å². The molecule has 0 radical (unpaired) electrons. The molecular formula is C16H21N5. The lowest BCUT2D eigenvalue weighted by Crippen LogP contribution is -2.32. The van der Waals surface area contributed by atoms with Crippen LogP contribution >= 0.6 is 0 Å². The van der Waals surface area contributed by atoms with E-state index in [1.165, 1.54) is 11.1 Å². The van der Waals surface area contributed by atoms with Gasteiger partial charge in [-0.05, 0) is 24.0 Å². The number of nitrogens with one attached hydrogen (secondary N) is 1. The van der Waals surface area contributed by atoms with Crippen molar-refractivity contribution in [3.8, 4) is 0 Å². The summed E-state index contributed by atoms with van der Waals surface area (Å²) in [6, 6.07) is 8.62. The van der Waals surface area contributed by atoms with Crippen LogP contribution in [0.5, 0.6) is 0 Å². The number of anilines is 2. The van der Waals surface area contributed by atoms with Crippen molar-refractivity contribution in [1.29, 1.82) is 0 Å². The highest BCUT2D eigenvalue weighted by atomic mass is 15.3. The zero-order valence-electron chi connectivity index (χ0n) is 12.3. The van der Waals surface area contributed by atoms with Gasteiger partial charge in [0.2, 0.25) is 0 Å². The van der Waals surface area contributed by atoms with Gasteiger partial charge in [0.25, 0.3) is 0 Å². The number of rotatable bonds is 4. The molecule has 0 saturated heterocycles. The predicted molar refractivity (Wildman–Crippen MR) is 85.0 cm³/mol. The topological polar surface area (TPSA) is 67.1 Å². The molecule has 0 aliphatic carbocycles. The Balaban J connectivity index is 1.94. The van der Waals surface area contributed by atoms with Crippen molar-refractivity contribution >= 4 is 11.6 Å². The minimum Gasteiger partial charge on any atom is -0.352 e. The van der Waals surface area contributed by atoms with Crippen molar-refractivity contribution in [1.82, 2.24) is 9.97 Å². The molecule has 1 aromatic heterocycles. The Morgan fingerprint density at radius 2 is 2.05 bits per heavy atom. The SMILES string of the molecule is CCCc1c(NN)ncnc1N1CCc2ccccc2C1. The first-order valence-electron chi connectivity index (χ1n) is 7.45. The van der Waals surface area contributed by atoms with Crippen LogP contribution in [0.3, 0.4) is 0 Å². The van der Waals surface area contributed by atoms with E-state index in [1.807, 2.05) is 0 Å². The number of benzene rings is 1. The van der Waals surface area contributed by atoms with Gasteiger partial charge in [0, 0.05) is 18.7 Å². The van der Waals surface area contributed by atoms with E-state index in [-0.39, 0.29) is 0 Å². The lowest BCUT2D eigenvalue weighted by Gasteiger charge is -2.31. The molecule has 0 unspecified atom stereocenters. The van der Waals surface area contributed by atoms with Crippen molar-refractivity contribution in [2.75, 3.05) is 16.9 Å². The standard InChI is InChI=1S/C16H21N5/c1-2-5-14-15(20-17)18-11-19-16(14)21-9-8-12-6-3-4-7-13(12)10-21/h3-4,6-7,11H,2,5,8-10,17H2,1H3,(H,18,19,20). The Morgan fingerprint density at radius 1 is 1.24 bits per heavy atom. The molecule has 3 N–H and O–H groups in total. The van der Waals surface area contributed by atoms with Crippen LogP contribution in [0.4, 0.5) is 11.6 Å². The number of fused-ring (bicyclic) bond motifs is 1. The summed E-state index contributed by atoms with van der Waals surface area (Å²) in [5.41, 5.74) is 6.64. The van der Waals surface area contributed by atoms with Gasteiger partial charge in [-0.15, -0.1) is 0 Å². The molecule has 0 amide bonds. The van der Waals surface area contributed by atoms with Crippen LogP contribution in [-0.2, 0) is 19.4 Å². The van der Waals surface area contributed by atoms with Crippen LogP contribution in [0.2, 0.25) is 0 Å². The average Bonchev–Trinajstić information content (AvgIpc) is 2.55. The van der Waals surface area contributed by atoms with Crippen molar-refractivity contribution in [2.45, 2.75) is 32.7 Å². The molecule has 110 valence electrons. The van der Waals surface area contributed by atoms with Crippen LogP contribution in [0.1, 0.15) is 30.0 Å². The molecule has 0 atom stereocenters. The summed E-state index contributed by atoms with van der Waals surface area (Å²) in [7, 11) is 0. The molecule has 21 heavy (non-hydrogen) atoms. The van der Waals surface area contributed by atoms with E-state index in [9.17, 15) is 0 Å². The van der Waals surface area contributed by atoms with Gasteiger partial charge in [-0.1, -0.05) is 37.6 Å². The van der Waals surface area contributed by atoms with E-state index in [0.717, 1.165) is 49.6 Å². The molecule has 0 bridgehead atoms. The smallest absolute Gasteiger partial charge is 0.148 e. The number of hydrogen-bond acceptors (Lipinski definition) is 5. The highest BCUT2D eigenvalue weighted by molar-refractivity contribution is 5.59. The van der Waals surface area contributed by atoms with Gasteiger partial charge in [0.1, 0.15) is 18.0 Å². The molecule has 1 aliphatic heterocycles. The second-order valence-electron chi connectivity index (χ2n) is 5.36. The van der Waals surface area contributed by atoms with E-state index in [4.69, 9.17) is 5.84 Å². The highest BCUT2D eigenvalue weighted by Crippen LogP contribution is 2.29. The molecule has 0 saturated carbocycles. The summed E-state index contributed by atoms with van der Waals surface area (Å²) in [6.07, 6.45) is 4.61. The normalized spacial score (nSPS) is 13.9. The summed E-state index contributed by atoms with van der Waals surface area (Å²) in [4.78, 5) is 11.1. The lowest BCUT2D eigenvalue weighted by molar-refractivity contribution is 0.710. The zero-order chi connectivity index (χ0) is 14.7. The summed E-state index contributed by atoms with van der Waals surface area (Å²) in [5, 5.41) is 0. The van der Waals surface area contributed by atoms with E-state index in [0.29, 0.717) is 0 Å². The Hall–Kier alpha value is -2.14. The minimum atomic E-state index is 0.737. The van der Waals surface area contributed by atoms with Crippen molar-refractivity contribution < 1.29 is 0 Å². The molecule has 0 spiro atoms. The number of nitrogens with zero attached hydrogens (tertiary/aromatic N) is 3. The molecule has 2 heterocycles. The van der Waals surface area contributed by atoms with Crippen LogP contribution in [0.15, 0.2) is 30.6 Å². The van der Waals surface area contributed by atoms with Crippen LogP contribution < -0.4 is 16.2 Å². The van der Waals surface area contributed by atoms with E-state index in [2.05, 4.69) is 51.5 Å². The third-order valence-electron chi connectivity index (χ3n) is 3.99. The van der Waals surface area contributed by atoms with Gasteiger partial charge in [0.05, 0.1) is 0 Å². The summed E-state index contributed by atoms with van der Waals surface area (Å²) in [5.74, 6) is 7.34. The monoisotopic (exact) mass is 283 g/mol. The Kier molecular flexibility index (Phi) is 4.01. The van der Waals surface area contributed by atoms with E-state index >= 15 is 0 Å². The van der Waals surface area contributed by atoms with Gasteiger partial charge in [-0.25, -0.2) is 15.8 Å². The quantitative estimate of drug-likeness (QED) is 0.665. The van der Waals surface area contributed by atoms with Crippen molar-refractivity contribution in [2.24, 2.45) is 5.84 Å². The van der Waals surface area contributed by atoms with E-state index in [1.54, 1.807) is 6.33 Å². The highest BCUT2D eigenvalue weighted by Gasteiger charge is 2.21. The number of hydrazine groups is 1. The maximum absolute atomic E-state index is 5.60. The molecule has 0 fully saturated rings. The van der Waals surface area contributed by atoms with Crippen LogP contribution in [-0.4, -0.2) is 16.5 Å². The molecule has 5 heteroatoms. The van der Waals surface area contributed by atoms with Gasteiger partial charge in [0.15, 0.2) is 0 Å². The number of nitrogen functional groups attached to an aromatic ring is 1. The van der Waals surface area contributed by atoms with Gasteiger partial charge >= 0.3 is 0 Å². The summed E-state index contributed by atoms with van der Waals surface area (Å²) in [6.45, 7) is 4.03. The van der Waals surface area contributed by atoms with Crippen LogP contribution in [0.25, 0.3) is 0 Å². The maximum atomic E-state index is 5.60. The average molecular weight is 283 g/mol. The van der Waals surface area contributed by atoms with Gasteiger partial charge in [-0.3, -0.25) is 0 Å². The first kappa shape index (κ1) is 13.8. The summed E-state index contributed by atoms with van der Waals surface area (Å²) < 4.78 is 0. The van der Waals surface area contributed by atoms with Gasteiger partial charge < -0.3 is 10.3 Å². The molecule has 1 aromatic carbocycles. The Bertz CT molecular complexity index is 626. The predicted octanol–water partition coefficient (Wildman–Crippen LogP) is 2.28.